The van der Waals surface area contributed by atoms with Gasteiger partial charge in [-0.3, -0.25) is 0 Å². The topological polar surface area (TPSA) is 41.5 Å². The van der Waals surface area contributed by atoms with Crippen molar-refractivity contribution in [1.29, 1.82) is 0 Å². The second kappa shape index (κ2) is 6.63. The van der Waals surface area contributed by atoms with Crippen LogP contribution in [0.5, 0.6) is 0 Å². The van der Waals surface area contributed by atoms with Crippen LogP contribution in [0.4, 0.5) is 0 Å². The summed E-state index contributed by atoms with van der Waals surface area (Å²) in [5.74, 6) is 0. The molecule has 0 aliphatic rings. The number of aryl methyl sites for hydroxylation is 1. The van der Waals surface area contributed by atoms with Gasteiger partial charge >= 0.3 is 0 Å². The smallest absolute Gasteiger partial charge is 0.0940 e. The van der Waals surface area contributed by atoms with E-state index in [2.05, 4.69) is 5.32 Å². The normalized spacial score (nSPS) is 14.8. The molecule has 0 aliphatic heterocycles. The zero-order chi connectivity index (χ0) is 12.0. The zero-order valence-corrected chi connectivity index (χ0v) is 10.2. The minimum atomic E-state index is -0.475. The van der Waals surface area contributed by atoms with Crippen LogP contribution in [0.2, 0.25) is 0 Å². The second-order valence-electron chi connectivity index (χ2n) is 4.09. The molecule has 0 saturated carbocycles. The van der Waals surface area contributed by atoms with Gasteiger partial charge in [0, 0.05) is 19.7 Å². The van der Waals surface area contributed by atoms with Crippen molar-refractivity contribution in [3.05, 3.63) is 35.4 Å². The number of aliphatic hydroxyl groups is 1. The molecule has 0 aliphatic carbocycles. The lowest BCUT2D eigenvalue weighted by Gasteiger charge is -2.20. The van der Waals surface area contributed by atoms with E-state index in [1.54, 1.807) is 7.11 Å². The first kappa shape index (κ1) is 13.2. The molecule has 0 aromatic heterocycles. The third kappa shape index (κ3) is 3.93. The van der Waals surface area contributed by atoms with Crippen LogP contribution in [0.15, 0.2) is 24.3 Å². The Hall–Kier alpha value is -0.900. The van der Waals surface area contributed by atoms with E-state index in [4.69, 9.17) is 4.74 Å². The minimum Gasteiger partial charge on any atom is -0.387 e. The molecule has 1 rings (SSSR count). The van der Waals surface area contributed by atoms with Crippen molar-refractivity contribution in [1.82, 2.24) is 5.32 Å². The fraction of sp³-hybridized carbons (Fsp3) is 0.538. The van der Waals surface area contributed by atoms with Gasteiger partial charge < -0.3 is 15.2 Å². The molecule has 0 radical (unpaired) electrons. The predicted molar refractivity (Wildman–Crippen MR) is 65.5 cm³/mol. The summed E-state index contributed by atoms with van der Waals surface area (Å²) in [6, 6.07) is 7.99. The van der Waals surface area contributed by atoms with Crippen molar-refractivity contribution in [2.75, 3.05) is 20.3 Å². The third-order valence-corrected chi connectivity index (χ3v) is 2.66. The van der Waals surface area contributed by atoms with Gasteiger partial charge in [-0.25, -0.2) is 0 Å². The van der Waals surface area contributed by atoms with Gasteiger partial charge in [-0.05, 0) is 19.4 Å². The lowest BCUT2D eigenvalue weighted by molar-refractivity contribution is 0.126. The van der Waals surface area contributed by atoms with Crippen molar-refractivity contribution >= 4 is 0 Å². The van der Waals surface area contributed by atoms with Crippen LogP contribution >= 0.6 is 0 Å². The molecule has 0 spiro atoms. The van der Waals surface area contributed by atoms with E-state index in [9.17, 15) is 5.11 Å². The molecule has 1 aromatic carbocycles. The van der Waals surface area contributed by atoms with E-state index in [0.29, 0.717) is 6.61 Å². The Bertz CT molecular complexity index is 297. The summed E-state index contributed by atoms with van der Waals surface area (Å²) in [5.41, 5.74) is 2.15. The number of hydrogen-bond acceptors (Lipinski definition) is 3. The van der Waals surface area contributed by atoms with Crippen LogP contribution in [-0.2, 0) is 4.74 Å². The molecule has 0 bridgehead atoms. The highest BCUT2D eigenvalue weighted by molar-refractivity contribution is 5.23. The molecule has 2 N–H and O–H groups in total. The predicted octanol–water partition coefficient (Wildman–Crippen LogP) is 1.65. The van der Waals surface area contributed by atoms with Gasteiger partial charge in [-0.15, -0.1) is 0 Å². The van der Waals surface area contributed by atoms with Gasteiger partial charge in [0.05, 0.1) is 12.7 Å². The monoisotopic (exact) mass is 223 g/mol. The molecule has 90 valence electrons. The van der Waals surface area contributed by atoms with Gasteiger partial charge in [0.15, 0.2) is 0 Å². The maximum atomic E-state index is 10.1. The second-order valence-corrected chi connectivity index (χ2v) is 4.09. The van der Waals surface area contributed by atoms with Gasteiger partial charge in [0.2, 0.25) is 0 Å². The number of methoxy groups -OCH3 is 1. The average Bonchev–Trinajstić information content (AvgIpc) is 2.29. The van der Waals surface area contributed by atoms with Crippen LogP contribution in [0.3, 0.4) is 0 Å². The van der Waals surface area contributed by atoms with Crippen LogP contribution in [0, 0.1) is 6.92 Å². The highest BCUT2D eigenvalue weighted by atomic mass is 16.5. The van der Waals surface area contributed by atoms with Crippen molar-refractivity contribution in [3.63, 3.8) is 0 Å². The van der Waals surface area contributed by atoms with Crippen molar-refractivity contribution in [3.8, 4) is 0 Å². The maximum absolute atomic E-state index is 10.1. The Morgan fingerprint density at radius 1 is 1.31 bits per heavy atom. The fourth-order valence-corrected chi connectivity index (χ4v) is 1.55. The molecule has 0 fully saturated rings. The molecule has 3 nitrogen and oxygen atoms in total. The summed E-state index contributed by atoms with van der Waals surface area (Å²) in [6.07, 6.45) is -0.475. The molecule has 2 atom stereocenters. The van der Waals surface area contributed by atoms with Gasteiger partial charge in [0.25, 0.3) is 0 Å². The van der Waals surface area contributed by atoms with Crippen LogP contribution in [-0.4, -0.2) is 31.4 Å². The summed E-state index contributed by atoms with van der Waals surface area (Å²) in [6.45, 7) is 5.42. The van der Waals surface area contributed by atoms with E-state index >= 15 is 0 Å². The van der Waals surface area contributed by atoms with Crippen LogP contribution in [0.25, 0.3) is 0 Å². The standard InChI is InChI=1S/C13H21NO2/c1-10-4-6-12(7-5-10)13(15)11(2)14-8-9-16-3/h4-7,11,13-15H,8-9H2,1-3H3. The van der Waals surface area contributed by atoms with Gasteiger partial charge in [-0.1, -0.05) is 29.8 Å². The quantitative estimate of drug-likeness (QED) is 0.721. The van der Waals surface area contributed by atoms with Crippen molar-refractivity contribution in [2.24, 2.45) is 0 Å². The van der Waals surface area contributed by atoms with E-state index in [1.165, 1.54) is 5.56 Å². The Morgan fingerprint density at radius 2 is 1.94 bits per heavy atom. The molecule has 3 heteroatoms. The van der Waals surface area contributed by atoms with E-state index in [-0.39, 0.29) is 6.04 Å². The number of aliphatic hydroxyl groups excluding tert-OH is 1. The molecule has 16 heavy (non-hydrogen) atoms. The molecular formula is C13H21NO2. The number of hydrogen-bond donors (Lipinski definition) is 2. The molecule has 2 unspecified atom stereocenters. The highest BCUT2D eigenvalue weighted by Crippen LogP contribution is 2.16. The lowest BCUT2D eigenvalue weighted by Crippen LogP contribution is -2.34. The SMILES string of the molecule is COCCNC(C)C(O)c1ccc(C)cc1. The number of ether oxygens (including phenoxy) is 1. The zero-order valence-electron chi connectivity index (χ0n) is 10.2. The lowest BCUT2D eigenvalue weighted by atomic mass is 10.0. The maximum Gasteiger partial charge on any atom is 0.0940 e. The van der Waals surface area contributed by atoms with Crippen molar-refractivity contribution in [2.45, 2.75) is 26.0 Å². The average molecular weight is 223 g/mol. The van der Waals surface area contributed by atoms with Crippen molar-refractivity contribution < 1.29 is 9.84 Å². The van der Waals surface area contributed by atoms with Gasteiger partial charge in [-0.2, -0.15) is 0 Å². The summed E-state index contributed by atoms with van der Waals surface area (Å²) in [7, 11) is 1.67. The summed E-state index contributed by atoms with van der Waals surface area (Å²) in [4.78, 5) is 0. The molecule has 1 aromatic rings. The van der Waals surface area contributed by atoms with E-state index < -0.39 is 6.10 Å². The molecular weight excluding hydrogens is 202 g/mol. The first-order valence-corrected chi connectivity index (χ1v) is 5.62. The summed E-state index contributed by atoms with van der Waals surface area (Å²) in [5, 5.41) is 13.3. The van der Waals surface area contributed by atoms with E-state index in [0.717, 1.165) is 12.1 Å². The Kier molecular flexibility index (Phi) is 5.46. The van der Waals surface area contributed by atoms with E-state index in [1.807, 2.05) is 38.1 Å². The number of nitrogens with one attached hydrogen (secondary N) is 1. The molecule has 0 heterocycles. The first-order chi connectivity index (χ1) is 7.65. The number of rotatable bonds is 6. The summed E-state index contributed by atoms with van der Waals surface area (Å²) >= 11 is 0. The highest BCUT2D eigenvalue weighted by Gasteiger charge is 2.14. The third-order valence-electron chi connectivity index (χ3n) is 2.66. The largest absolute Gasteiger partial charge is 0.387 e. The first-order valence-electron chi connectivity index (χ1n) is 5.62. The summed E-state index contributed by atoms with van der Waals surface area (Å²) < 4.78 is 4.95. The number of benzene rings is 1. The Balaban J connectivity index is 2.49. The molecule has 0 saturated heterocycles. The minimum absolute atomic E-state index is 0.0258. The molecule has 0 amide bonds. The Labute approximate surface area is 97.4 Å². The van der Waals surface area contributed by atoms with Crippen LogP contribution < -0.4 is 5.32 Å². The fourth-order valence-electron chi connectivity index (χ4n) is 1.55. The Morgan fingerprint density at radius 3 is 2.50 bits per heavy atom. The van der Waals surface area contributed by atoms with Crippen LogP contribution in [0.1, 0.15) is 24.2 Å². The van der Waals surface area contributed by atoms with Gasteiger partial charge in [0.1, 0.15) is 0 Å².